The Hall–Kier alpha value is -3.97. The van der Waals surface area contributed by atoms with Crippen molar-refractivity contribution < 1.29 is 4.79 Å². The molecule has 0 aliphatic heterocycles. The van der Waals surface area contributed by atoms with Gasteiger partial charge in [0.1, 0.15) is 11.6 Å². The van der Waals surface area contributed by atoms with Gasteiger partial charge in [-0.05, 0) is 46.2 Å². The Bertz CT molecular complexity index is 1140. The second-order valence-electron chi connectivity index (χ2n) is 6.81. The lowest BCUT2D eigenvalue weighted by Gasteiger charge is -2.04. The van der Waals surface area contributed by atoms with Crippen LogP contribution in [0.15, 0.2) is 89.5 Å². The number of hydrogen-bond donors (Lipinski definition) is 1. The summed E-state index contributed by atoms with van der Waals surface area (Å²) in [4.78, 5) is 12.5. The molecule has 29 heavy (non-hydrogen) atoms. The number of nitrogens with one attached hydrogen (secondary N) is 1. The average molecular weight is 377 g/mol. The lowest BCUT2D eigenvalue weighted by molar-refractivity contribution is -0.117. The summed E-state index contributed by atoms with van der Waals surface area (Å²) in [5, 5.41) is 13.5. The molecule has 3 aromatic rings. The van der Waals surface area contributed by atoms with Gasteiger partial charge in [0.25, 0.3) is 5.91 Å². The Morgan fingerprint density at radius 2 is 1.59 bits per heavy atom. The van der Waals surface area contributed by atoms with E-state index in [1.54, 1.807) is 6.21 Å². The molecular weight excluding hydrogens is 358 g/mol. The highest BCUT2D eigenvalue weighted by Gasteiger charge is 2.22. The molecular formula is C25H19N3O. The van der Waals surface area contributed by atoms with Crippen molar-refractivity contribution in [3.8, 4) is 17.2 Å². The van der Waals surface area contributed by atoms with E-state index in [0.29, 0.717) is 6.42 Å². The number of amides is 1. The average Bonchev–Trinajstić information content (AvgIpc) is 3.19. The van der Waals surface area contributed by atoms with Gasteiger partial charge in [-0.15, -0.1) is 0 Å². The smallest absolute Gasteiger partial charge is 0.267 e. The monoisotopic (exact) mass is 377 g/mol. The van der Waals surface area contributed by atoms with Crippen molar-refractivity contribution in [1.82, 2.24) is 5.43 Å². The third kappa shape index (κ3) is 3.99. The molecule has 4 rings (SSSR count). The molecule has 0 atom stereocenters. The van der Waals surface area contributed by atoms with Gasteiger partial charge in [-0.2, -0.15) is 10.4 Å². The Kier molecular flexibility index (Phi) is 5.31. The Morgan fingerprint density at radius 3 is 2.34 bits per heavy atom. The molecule has 0 unspecified atom stereocenters. The van der Waals surface area contributed by atoms with Gasteiger partial charge in [0.2, 0.25) is 0 Å². The van der Waals surface area contributed by atoms with E-state index < -0.39 is 5.91 Å². The lowest BCUT2D eigenvalue weighted by Crippen LogP contribution is -2.20. The number of allylic oxidation sites excluding steroid dienone is 1. The number of aryl methyl sites for hydroxylation is 1. The van der Waals surface area contributed by atoms with E-state index in [0.717, 1.165) is 34.2 Å². The van der Waals surface area contributed by atoms with Gasteiger partial charge in [0, 0.05) is 0 Å². The quantitative estimate of drug-likeness (QED) is 0.309. The number of fused-ring (bicyclic) bond motifs is 1. The number of hydrogen-bond acceptors (Lipinski definition) is 3. The standard InChI is InChI=1S/C25H19N3O/c26-16-24(23-15-14-21-8-4-5-9-22(21)23)25(29)28-27-17-18-10-12-20(13-11-18)19-6-2-1-3-7-19/h1-13,17H,14-15H2,(H,28,29). The SMILES string of the molecule is N#CC(C(=O)NN=Cc1ccc(-c2ccccc2)cc1)=C1CCc2ccccc21. The molecule has 1 N–H and O–H groups in total. The van der Waals surface area contributed by atoms with Gasteiger partial charge < -0.3 is 0 Å². The van der Waals surface area contributed by atoms with Crippen LogP contribution in [0.3, 0.4) is 0 Å². The van der Waals surface area contributed by atoms with E-state index in [4.69, 9.17) is 0 Å². The van der Waals surface area contributed by atoms with E-state index in [9.17, 15) is 10.1 Å². The number of carbonyl (C=O) groups excluding carboxylic acids is 1. The van der Waals surface area contributed by atoms with Crippen LogP contribution in [0.2, 0.25) is 0 Å². The first-order chi connectivity index (χ1) is 14.3. The van der Waals surface area contributed by atoms with Gasteiger partial charge in [0.05, 0.1) is 6.21 Å². The van der Waals surface area contributed by atoms with E-state index in [1.165, 1.54) is 5.56 Å². The molecule has 0 aromatic heterocycles. The number of benzene rings is 3. The van der Waals surface area contributed by atoms with Gasteiger partial charge in [-0.1, -0.05) is 78.9 Å². The maximum Gasteiger partial charge on any atom is 0.282 e. The summed E-state index contributed by atoms with van der Waals surface area (Å²) in [5.74, 6) is -0.476. The summed E-state index contributed by atoms with van der Waals surface area (Å²) in [7, 11) is 0. The summed E-state index contributed by atoms with van der Waals surface area (Å²) in [6.45, 7) is 0. The Balaban J connectivity index is 1.46. The maximum absolute atomic E-state index is 12.5. The molecule has 0 spiro atoms. The molecule has 0 heterocycles. The molecule has 1 aliphatic rings. The first-order valence-corrected chi connectivity index (χ1v) is 9.46. The number of rotatable bonds is 4. The first-order valence-electron chi connectivity index (χ1n) is 9.46. The maximum atomic E-state index is 12.5. The van der Waals surface area contributed by atoms with E-state index in [2.05, 4.69) is 28.7 Å². The number of nitriles is 1. The third-order valence-corrected chi connectivity index (χ3v) is 5.02. The van der Waals surface area contributed by atoms with Crippen molar-refractivity contribution in [2.45, 2.75) is 12.8 Å². The van der Waals surface area contributed by atoms with Crippen LogP contribution in [0.4, 0.5) is 0 Å². The van der Waals surface area contributed by atoms with Gasteiger partial charge in [-0.25, -0.2) is 5.43 Å². The van der Waals surface area contributed by atoms with Crippen LogP contribution in [0.5, 0.6) is 0 Å². The van der Waals surface area contributed by atoms with Crippen molar-refractivity contribution in [2.24, 2.45) is 5.10 Å². The van der Waals surface area contributed by atoms with Crippen LogP contribution < -0.4 is 5.43 Å². The summed E-state index contributed by atoms with van der Waals surface area (Å²) < 4.78 is 0. The van der Waals surface area contributed by atoms with E-state index in [1.807, 2.05) is 66.7 Å². The molecule has 4 heteroatoms. The predicted molar refractivity (Wildman–Crippen MR) is 115 cm³/mol. The molecule has 3 aromatic carbocycles. The summed E-state index contributed by atoms with van der Waals surface area (Å²) >= 11 is 0. The number of carbonyl (C=O) groups is 1. The highest BCUT2D eigenvalue weighted by Crippen LogP contribution is 2.34. The normalized spacial score (nSPS) is 14.3. The zero-order valence-corrected chi connectivity index (χ0v) is 15.8. The van der Waals surface area contributed by atoms with E-state index in [-0.39, 0.29) is 5.57 Å². The molecule has 4 nitrogen and oxygen atoms in total. The van der Waals surface area contributed by atoms with Crippen molar-refractivity contribution in [1.29, 1.82) is 5.26 Å². The zero-order valence-electron chi connectivity index (χ0n) is 15.8. The van der Waals surface area contributed by atoms with Crippen LogP contribution in [0.1, 0.15) is 23.1 Å². The second kappa shape index (κ2) is 8.37. The molecule has 1 aliphatic carbocycles. The van der Waals surface area contributed by atoms with Gasteiger partial charge in [-0.3, -0.25) is 4.79 Å². The first kappa shape index (κ1) is 18.4. The summed E-state index contributed by atoms with van der Waals surface area (Å²) in [6.07, 6.45) is 3.12. The fourth-order valence-corrected chi connectivity index (χ4v) is 3.56. The molecule has 0 fully saturated rings. The minimum absolute atomic E-state index is 0.131. The zero-order chi connectivity index (χ0) is 20.1. The van der Waals surface area contributed by atoms with Crippen LogP contribution >= 0.6 is 0 Å². The number of hydrazone groups is 1. The topological polar surface area (TPSA) is 65.2 Å². The number of nitrogens with zero attached hydrogens (tertiary/aromatic N) is 2. The van der Waals surface area contributed by atoms with Crippen molar-refractivity contribution >= 4 is 17.7 Å². The van der Waals surface area contributed by atoms with Crippen LogP contribution in [-0.4, -0.2) is 12.1 Å². The van der Waals surface area contributed by atoms with Crippen LogP contribution in [0, 0.1) is 11.3 Å². The minimum Gasteiger partial charge on any atom is -0.267 e. The Morgan fingerprint density at radius 1 is 0.897 bits per heavy atom. The summed E-state index contributed by atoms with van der Waals surface area (Å²) in [6, 6.07) is 28.0. The second-order valence-corrected chi connectivity index (χ2v) is 6.81. The molecule has 0 bridgehead atoms. The van der Waals surface area contributed by atoms with E-state index >= 15 is 0 Å². The largest absolute Gasteiger partial charge is 0.282 e. The summed E-state index contributed by atoms with van der Waals surface area (Å²) in [5.41, 5.74) is 8.69. The fraction of sp³-hybridized carbons (Fsp3) is 0.0800. The molecule has 0 saturated heterocycles. The van der Waals surface area contributed by atoms with Crippen LogP contribution in [0.25, 0.3) is 16.7 Å². The van der Waals surface area contributed by atoms with Gasteiger partial charge >= 0.3 is 0 Å². The molecule has 140 valence electrons. The highest BCUT2D eigenvalue weighted by atomic mass is 16.2. The Labute approximate surface area is 169 Å². The molecule has 0 saturated carbocycles. The minimum atomic E-state index is -0.476. The predicted octanol–water partition coefficient (Wildman–Crippen LogP) is 4.73. The van der Waals surface area contributed by atoms with Crippen LogP contribution in [-0.2, 0) is 11.2 Å². The highest BCUT2D eigenvalue weighted by molar-refractivity contribution is 6.06. The van der Waals surface area contributed by atoms with Crippen molar-refractivity contribution in [3.05, 3.63) is 101 Å². The lowest BCUT2D eigenvalue weighted by atomic mass is 10.0. The van der Waals surface area contributed by atoms with Gasteiger partial charge in [0.15, 0.2) is 0 Å². The molecule has 1 amide bonds. The third-order valence-electron chi connectivity index (χ3n) is 5.02. The van der Waals surface area contributed by atoms with Crippen molar-refractivity contribution in [3.63, 3.8) is 0 Å². The molecule has 0 radical (unpaired) electrons. The fourth-order valence-electron chi connectivity index (χ4n) is 3.56. The van der Waals surface area contributed by atoms with Crippen molar-refractivity contribution in [2.75, 3.05) is 0 Å².